The molecule has 0 spiro atoms. The van der Waals surface area contributed by atoms with Crippen LogP contribution >= 0.6 is 0 Å². The van der Waals surface area contributed by atoms with Crippen LogP contribution in [0.5, 0.6) is 0 Å². The number of H-pyrrole nitrogens is 1. The predicted octanol–water partition coefficient (Wildman–Crippen LogP) is 4.14. The van der Waals surface area contributed by atoms with E-state index in [1.165, 1.54) is 27.6 Å². The molecular weight excluding hydrogens is 296 g/mol. The third-order valence-corrected chi connectivity index (χ3v) is 4.06. The minimum Gasteiger partial charge on any atom is -0.370 e. The summed E-state index contributed by atoms with van der Waals surface area (Å²) in [6.45, 7) is 4.86. The SMILES string of the molecule is Cc1cc(C)cc(NC(N)=NCCCc2c[nH]c3ccccc23)c1. The fourth-order valence-electron chi connectivity index (χ4n) is 3.04. The highest BCUT2D eigenvalue weighted by atomic mass is 15.1. The number of anilines is 1. The molecule has 3 aromatic rings. The Labute approximate surface area is 142 Å². The highest BCUT2D eigenvalue weighted by Gasteiger charge is 2.02. The lowest BCUT2D eigenvalue weighted by molar-refractivity contribution is 0.836. The molecule has 0 atom stereocenters. The smallest absolute Gasteiger partial charge is 0.193 e. The van der Waals surface area contributed by atoms with E-state index in [2.05, 4.69) is 71.7 Å². The van der Waals surface area contributed by atoms with Crippen molar-refractivity contribution in [1.82, 2.24) is 4.98 Å². The van der Waals surface area contributed by atoms with Crippen molar-refractivity contribution in [3.05, 3.63) is 65.4 Å². The molecule has 0 fully saturated rings. The molecule has 0 saturated carbocycles. The third-order valence-electron chi connectivity index (χ3n) is 4.06. The number of nitrogens with one attached hydrogen (secondary N) is 2. The van der Waals surface area contributed by atoms with E-state index in [1.807, 2.05) is 6.07 Å². The Kier molecular flexibility index (Phi) is 4.85. The number of nitrogens with zero attached hydrogens (tertiary/aromatic N) is 1. The fraction of sp³-hybridized carbons (Fsp3) is 0.250. The number of rotatable bonds is 5. The molecular formula is C20H24N4. The van der Waals surface area contributed by atoms with Gasteiger partial charge in [0.1, 0.15) is 0 Å². The van der Waals surface area contributed by atoms with Crippen LogP contribution in [0.4, 0.5) is 5.69 Å². The van der Waals surface area contributed by atoms with Crippen molar-refractivity contribution in [2.24, 2.45) is 10.7 Å². The summed E-state index contributed by atoms with van der Waals surface area (Å²) < 4.78 is 0. The molecule has 0 aliphatic carbocycles. The van der Waals surface area contributed by atoms with E-state index >= 15 is 0 Å². The maximum atomic E-state index is 5.99. The van der Waals surface area contributed by atoms with Crippen molar-refractivity contribution < 1.29 is 0 Å². The van der Waals surface area contributed by atoms with E-state index < -0.39 is 0 Å². The Hall–Kier alpha value is -2.75. The molecule has 4 heteroatoms. The van der Waals surface area contributed by atoms with Crippen LogP contribution in [0.25, 0.3) is 10.9 Å². The molecule has 124 valence electrons. The van der Waals surface area contributed by atoms with Gasteiger partial charge in [-0.1, -0.05) is 24.3 Å². The quantitative estimate of drug-likeness (QED) is 0.376. The minimum absolute atomic E-state index is 0.471. The number of aliphatic imine (C=N–C) groups is 1. The lowest BCUT2D eigenvalue weighted by atomic mass is 10.1. The summed E-state index contributed by atoms with van der Waals surface area (Å²) in [6.07, 6.45) is 4.05. The molecule has 0 radical (unpaired) electrons. The van der Waals surface area contributed by atoms with Crippen molar-refractivity contribution in [1.29, 1.82) is 0 Å². The monoisotopic (exact) mass is 320 g/mol. The zero-order chi connectivity index (χ0) is 16.9. The van der Waals surface area contributed by atoms with Gasteiger partial charge in [-0.25, -0.2) is 0 Å². The molecule has 0 amide bonds. The van der Waals surface area contributed by atoms with E-state index in [1.54, 1.807) is 0 Å². The average Bonchev–Trinajstić information content (AvgIpc) is 2.94. The Bertz CT molecular complexity index is 841. The van der Waals surface area contributed by atoms with E-state index in [-0.39, 0.29) is 0 Å². The topological polar surface area (TPSA) is 66.2 Å². The van der Waals surface area contributed by atoms with Crippen LogP contribution in [-0.2, 0) is 6.42 Å². The van der Waals surface area contributed by atoms with Crippen molar-refractivity contribution in [2.75, 3.05) is 11.9 Å². The van der Waals surface area contributed by atoms with Crippen LogP contribution in [0.1, 0.15) is 23.1 Å². The molecule has 1 heterocycles. The molecule has 0 unspecified atom stereocenters. The maximum absolute atomic E-state index is 5.99. The first-order chi connectivity index (χ1) is 11.6. The standard InChI is InChI=1S/C20H24N4/c1-14-10-15(2)12-17(11-14)24-20(21)22-9-5-6-16-13-23-19-8-4-3-7-18(16)19/h3-4,7-8,10-13,23H,5-6,9H2,1-2H3,(H3,21,22,24). The predicted molar refractivity (Wildman–Crippen MR) is 103 cm³/mol. The largest absolute Gasteiger partial charge is 0.370 e. The summed E-state index contributed by atoms with van der Waals surface area (Å²) in [5.74, 6) is 0.471. The van der Waals surface area contributed by atoms with Gasteiger partial charge >= 0.3 is 0 Å². The Morgan fingerprint density at radius 2 is 1.88 bits per heavy atom. The first-order valence-corrected chi connectivity index (χ1v) is 8.32. The molecule has 4 nitrogen and oxygen atoms in total. The molecule has 0 bridgehead atoms. The van der Waals surface area contributed by atoms with Gasteiger partial charge in [0, 0.05) is 29.3 Å². The summed E-state index contributed by atoms with van der Waals surface area (Å²) in [5.41, 5.74) is 11.9. The van der Waals surface area contributed by atoms with Gasteiger partial charge < -0.3 is 16.0 Å². The number of aryl methyl sites for hydroxylation is 3. The van der Waals surface area contributed by atoms with E-state index in [0.717, 1.165) is 18.5 Å². The number of para-hydroxylation sites is 1. The lowest BCUT2D eigenvalue weighted by Gasteiger charge is -2.08. The molecule has 4 N–H and O–H groups in total. The van der Waals surface area contributed by atoms with Crippen LogP contribution < -0.4 is 11.1 Å². The molecule has 0 saturated heterocycles. The number of aromatic amines is 1. The summed E-state index contributed by atoms with van der Waals surface area (Å²) in [7, 11) is 0. The van der Waals surface area contributed by atoms with Gasteiger partial charge in [-0.05, 0) is 61.6 Å². The first-order valence-electron chi connectivity index (χ1n) is 8.32. The number of benzene rings is 2. The normalized spacial score (nSPS) is 11.8. The van der Waals surface area contributed by atoms with E-state index in [9.17, 15) is 0 Å². The van der Waals surface area contributed by atoms with E-state index in [0.29, 0.717) is 12.5 Å². The van der Waals surface area contributed by atoms with Gasteiger partial charge in [-0.15, -0.1) is 0 Å². The number of guanidine groups is 1. The number of aromatic nitrogens is 1. The van der Waals surface area contributed by atoms with Gasteiger partial charge in [-0.3, -0.25) is 4.99 Å². The van der Waals surface area contributed by atoms with Crippen LogP contribution in [-0.4, -0.2) is 17.5 Å². The summed E-state index contributed by atoms with van der Waals surface area (Å²) in [4.78, 5) is 7.74. The molecule has 24 heavy (non-hydrogen) atoms. The van der Waals surface area contributed by atoms with Gasteiger partial charge in [-0.2, -0.15) is 0 Å². The highest BCUT2D eigenvalue weighted by Crippen LogP contribution is 2.19. The number of hydrogen-bond acceptors (Lipinski definition) is 1. The van der Waals surface area contributed by atoms with Crippen LogP contribution in [0, 0.1) is 13.8 Å². The van der Waals surface area contributed by atoms with Gasteiger partial charge in [0.15, 0.2) is 5.96 Å². The lowest BCUT2D eigenvalue weighted by Crippen LogP contribution is -2.23. The molecule has 1 aromatic heterocycles. The molecule has 0 aliphatic rings. The number of hydrogen-bond donors (Lipinski definition) is 3. The van der Waals surface area contributed by atoms with Gasteiger partial charge in [0.25, 0.3) is 0 Å². The Balaban J connectivity index is 1.54. The van der Waals surface area contributed by atoms with E-state index in [4.69, 9.17) is 5.73 Å². The molecule has 0 aliphatic heterocycles. The van der Waals surface area contributed by atoms with Crippen molar-refractivity contribution in [2.45, 2.75) is 26.7 Å². The Morgan fingerprint density at radius 3 is 2.67 bits per heavy atom. The zero-order valence-electron chi connectivity index (χ0n) is 14.3. The summed E-state index contributed by atoms with van der Waals surface area (Å²) in [5, 5.41) is 4.46. The second-order valence-corrected chi connectivity index (χ2v) is 6.23. The second kappa shape index (κ2) is 7.21. The summed E-state index contributed by atoms with van der Waals surface area (Å²) in [6, 6.07) is 14.7. The second-order valence-electron chi connectivity index (χ2n) is 6.23. The first kappa shape index (κ1) is 16.1. The van der Waals surface area contributed by atoms with Crippen molar-refractivity contribution in [3.8, 4) is 0 Å². The Morgan fingerprint density at radius 1 is 1.12 bits per heavy atom. The zero-order valence-corrected chi connectivity index (χ0v) is 14.3. The summed E-state index contributed by atoms with van der Waals surface area (Å²) >= 11 is 0. The maximum Gasteiger partial charge on any atom is 0.193 e. The highest BCUT2D eigenvalue weighted by molar-refractivity contribution is 5.92. The van der Waals surface area contributed by atoms with Crippen LogP contribution in [0.3, 0.4) is 0 Å². The number of fused-ring (bicyclic) bond motifs is 1. The minimum atomic E-state index is 0.471. The van der Waals surface area contributed by atoms with Crippen molar-refractivity contribution in [3.63, 3.8) is 0 Å². The molecule has 2 aromatic carbocycles. The van der Waals surface area contributed by atoms with Gasteiger partial charge in [0.2, 0.25) is 0 Å². The van der Waals surface area contributed by atoms with Crippen molar-refractivity contribution >= 4 is 22.5 Å². The number of nitrogens with two attached hydrogens (primary N) is 1. The third kappa shape index (κ3) is 3.96. The van der Waals surface area contributed by atoms with Crippen LogP contribution in [0.15, 0.2) is 53.7 Å². The van der Waals surface area contributed by atoms with Gasteiger partial charge in [0.05, 0.1) is 0 Å². The average molecular weight is 320 g/mol. The van der Waals surface area contributed by atoms with Crippen LogP contribution in [0.2, 0.25) is 0 Å². The fourth-order valence-corrected chi connectivity index (χ4v) is 3.04. The molecule has 3 rings (SSSR count).